The van der Waals surface area contributed by atoms with E-state index in [1.807, 2.05) is 31.2 Å². The topological polar surface area (TPSA) is 70.6 Å². The van der Waals surface area contributed by atoms with E-state index in [-0.39, 0.29) is 30.8 Å². The standard InChI is InChI=1S/C15H22N2O3.ClH/c1-11(13-9-16-10-13)15(19)17-8-12-2-4-14(5-3-12)20-7-6-18;/h2-5,11,13,16,18H,6-10H2,1H3,(H,17,19);1H. The lowest BCUT2D eigenvalue weighted by atomic mass is 9.88. The average Bonchev–Trinajstić information content (AvgIpc) is 2.41. The van der Waals surface area contributed by atoms with E-state index in [9.17, 15) is 4.79 Å². The fraction of sp³-hybridized carbons (Fsp3) is 0.533. The molecule has 1 aliphatic rings. The van der Waals surface area contributed by atoms with Gasteiger partial charge in [-0.1, -0.05) is 19.1 Å². The molecule has 1 heterocycles. The quantitative estimate of drug-likeness (QED) is 0.701. The number of hydrogen-bond donors (Lipinski definition) is 3. The second-order valence-corrected chi connectivity index (χ2v) is 5.14. The molecule has 1 fully saturated rings. The predicted molar refractivity (Wildman–Crippen MR) is 83.6 cm³/mol. The highest BCUT2D eigenvalue weighted by atomic mass is 35.5. The third kappa shape index (κ3) is 5.19. The molecule has 1 aromatic rings. The van der Waals surface area contributed by atoms with Gasteiger partial charge in [-0.2, -0.15) is 0 Å². The molecule has 1 atom stereocenters. The van der Waals surface area contributed by atoms with Gasteiger partial charge in [0.15, 0.2) is 0 Å². The van der Waals surface area contributed by atoms with E-state index >= 15 is 0 Å². The highest BCUT2D eigenvalue weighted by molar-refractivity contribution is 5.85. The van der Waals surface area contributed by atoms with E-state index in [1.54, 1.807) is 0 Å². The molecule has 1 aliphatic heterocycles. The van der Waals surface area contributed by atoms with Crippen molar-refractivity contribution in [3.05, 3.63) is 29.8 Å². The lowest BCUT2D eigenvalue weighted by molar-refractivity contribution is -0.126. The van der Waals surface area contributed by atoms with Crippen LogP contribution in [0.15, 0.2) is 24.3 Å². The molecular weight excluding hydrogens is 292 g/mol. The first-order chi connectivity index (χ1) is 9.70. The molecule has 1 unspecified atom stereocenters. The Morgan fingerprint density at radius 2 is 2.10 bits per heavy atom. The fourth-order valence-electron chi connectivity index (χ4n) is 2.10. The predicted octanol–water partition coefficient (Wildman–Crippen LogP) is 0.951. The second-order valence-electron chi connectivity index (χ2n) is 5.14. The molecule has 0 bridgehead atoms. The van der Waals surface area contributed by atoms with Crippen LogP contribution in [-0.2, 0) is 11.3 Å². The molecule has 21 heavy (non-hydrogen) atoms. The number of amides is 1. The molecule has 0 spiro atoms. The van der Waals surface area contributed by atoms with E-state index in [0.717, 1.165) is 24.4 Å². The summed E-state index contributed by atoms with van der Waals surface area (Å²) in [6.45, 7) is 4.68. The van der Waals surface area contributed by atoms with Gasteiger partial charge >= 0.3 is 0 Å². The summed E-state index contributed by atoms with van der Waals surface area (Å²) in [6, 6.07) is 7.53. The lowest BCUT2D eigenvalue weighted by Gasteiger charge is -2.31. The Morgan fingerprint density at radius 1 is 1.43 bits per heavy atom. The minimum Gasteiger partial charge on any atom is -0.491 e. The summed E-state index contributed by atoms with van der Waals surface area (Å²) < 4.78 is 5.28. The van der Waals surface area contributed by atoms with Crippen molar-refractivity contribution >= 4 is 18.3 Å². The maximum atomic E-state index is 12.0. The van der Waals surface area contributed by atoms with Crippen molar-refractivity contribution in [3.63, 3.8) is 0 Å². The Balaban J connectivity index is 0.00000220. The third-order valence-electron chi connectivity index (χ3n) is 3.68. The molecule has 5 nitrogen and oxygen atoms in total. The van der Waals surface area contributed by atoms with Crippen LogP contribution >= 0.6 is 12.4 Å². The molecule has 1 amide bonds. The molecule has 0 aromatic heterocycles. The van der Waals surface area contributed by atoms with E-state index in [2.05, 4.69) is 10.6 Å². The number of carbonyl (C=O) groups is 1. The molecule has 0 radical (unpaired) electrons. The van der Waals surface area contributed by atoms with Crippen LogP contribution in [0.5, 0.6) is 5.75 Å². The Morgan fingerprint density at radius 3 is 2.62 bits per heavy atom. The fourth-order valence-corrected chi connectivity index (χ4v) is 2.10. The van der Waals surface area contributed by atoms with E-state index in [1.165, 1.54) is 0 Å². The number of carbonyl (C=O) groups excluding carboxylic acids is 1. The van der Waals surface area contributed by atoms with Gasteiger partial charge in [-0.3, -0.25) is 4.79 Å². The summed E-state index contributed by atoms with van der Waals surface area (Å²) in [5.74, 6) is 1.35. The average molecular weight is 315 g/mol. The number of aliphatic hydroxyl groups excluding tert-OH is 1. The Labute approximate surface area is 131 Å². The van der Waals surface area contributed by atoms with Crippen LogP contribution in [-0.4, -0.2) is 37.3 Å². The monoisotopic (exact) mass is 314 g/mol. The summed E-state index contributed by atoms with van der Waals surface area (Å²) in [5, 5.41) is 14.8. The van der Waals surface area contributed by atoms with Crippen LogP contribution in [0.2, 0.25) is 0 Å². The zero-order valence-corrected chi connectivity index (χ0v) is 13.0. The van der Waals surface area contributed by atoms with Gasteiger partial charge < -0.3 is 20.5 Å². The van der Waals surface area contributed by atoms with Crippen molar-refractivity contribution in [1.29, 1.82) is 0 Å². The largest absolute Gasteiger partial charge is 0.491 e. The van der Waals surface area contributed by atoms with Gasteiger partial charge in [0, 0.05) is 12.5 Å². The van der Waals surface area contributed by atoms with Crippen molar-refractivity contribution in [2.75, 3.05) is 26.3 Å². The van der Waals surface area contributed by atoms with Gasteiger partial charge in [-0.05, 0) is 36.7 Å². The number of hydrogen-bond acceptors (Lipinski definition) is 4. The van der Waals surface area contributed by atoms with Gasteiger partial charge in [-0.25, -0.2) is 0 Å². The molecule has 0 saturated carbocycles. The SMILES string of the molecule is CC(C(=O)NCc1ccc(OCCO)cc1)C1CNC1.Cl. The zero-order valence-electron chi connectivity index (χ0n) is 12.2. The van der Waals surface area contributed by atoms with Crippen LogP contribution in [0.3, 0.4) is 0 Å². The molecule has 0 aliphatic carbocycles. The summed E-state index contributed by atoms with van der Waals surface area (Å²) in [7, 11) is 0. The summed E-state index contributed by atoms with van der Waals surface area (Å²) >= 11 is 0. The van der Waals surface area contributed by atoms with Crippen LogP contribution in [0.1, 0.15) is 12.5 Å². The van der Waals surface area contributed by atoms with Crippen molar-refractivity contribution in [3.8, 4) is 5.75 Å². The minimum atomic E-state index is 0. The van der Waals surface area contributed by atoms with Gasteiger partial charge in [0.1, 0.15) is 12.4 Å². The molecule has 3 N–H and O–H groups in total. The van der Waals surface area contributed by atoms with E-state index < -0.39 is 0 Å². The Bertz CT molecular complexity index is 435. The molecule has 2 rings (SSSR count). The minimum absolute atomic E-state index is 0. The van der Waals surface area contributed by atoms with Gasteiger partial charge in [0.05, 0.1) is 6.61 Å². The van der Waals surface area contributed by atoms with Gasteiger partial charge in [0.25, 0.3) is 0 Å². The van der Waals surface area contributed by atoms with Crippen LogP contribution in [0.4, 0.5) is 0 Å². The van der Waals surface area contributed by atoms with E-state index in [0.29, 0.717) is 19.1 Å². The lowest BCUT2D eigenvalue weighted by Crippen LogP contribution is -2.49. The first-order valence-electron chi connectivity index (χ1n) is 7.01. The van der Waals surface area contributed by atoms with Crippen molar-refractivity contribution in [1.82, 2.24) is 10.6 Å². The summed E-state index contributed by atoms with van der Waals surface area (Å²) in [4.78, 5) is 12.0. The van der Waals surface area contributed by atoms with Crippen molar-refractivity contribution < 1.29 is 14.6 Å². The maximum Gasteiger partial charge on any atom is 0.223 e. The first-order valence-corrected chi connectivity index (χ1v) is 7.01. The molecule has 118 valence electrons. The van der Waals surface area contributed by atoms with Crippen molar-refractivity contribution in [2.24, 2.45) is 11.8 Å². The van der Waals surface area contributed by atoms with Gasteiger partial charge in [-0.15, -0.1) is 12.4 Å². The number of halogens is 1. The molecule has 1 saturated heterocycles. The number of rotatable bonds is 7. The molecule has 6 heteroatoms. The first kappa shape index (κ1) is 17.8. The normalized spacial score (nSPS) is 15.5. The number of ether oxygens (including phenoxy) is 1. The van der Waals surface area contributed by atoms with Crippen LogP contribution < -0.4 is 15.4 Å². The highest BCUT2D eigenvalue weighted by Crippen LogP contribution is 2.16. The Hall–Kier alpha value is -1.30. The summed E-state index contributed by atoms with van der Waals surface area (Å²) in [6.07, 6.45) is 0. The molecular formula is C15H23ClN2O3. The smallest absolute Gasteiger partial charge is 0.223 e. The maximum absolute atomic E-state index is 12.0. The number of aliphatic hydroxyl groups is 1. The zero-order chi connectivity index (χ0) is 14.4. The van der Waals surface area contributed by atoms with E-state index in [4.69, 9.17) is 9.84 Å². The van der Waals surface area contributed by atoms with Gasteiger partial charge in [0.2, 0.25) is 5.91 Å². The van der Waals surface area contributed by atoms with Crippen LogP contribution in [0.25, 0.3) is 0 Å². The third-order valence-corrected chi connectivity index (χ3v) is 3.68. The summed E-state index contributed by atoms with van der Waals surface area (Å²) in [5.41, 5.74) is 1.04. The number of nitrogens with one attached hydrogen (secondary N) is 2. The van der Waals surface area contributed by atoms with Crippen LogP contribution in [0, 0.1) is 11.8 Å². The second kappa shape index (κ2) is 8.87. The highest BCUT2D eigenvalue weighted by Gasteiger charge is 2.28. The van der Waals surface area contributed by atoms with Crippen molar-refractivity contribution in [2.45, 2.75) is 13.5 Å². The molecule has 1 aromatic carbocycles. The Kier molecular flexibility index (Phi) is 7.50. The number of benzene rings is 1.